The zero-order valence-electron chi connectivity index (χ0n) is 9.87. The standard InChI is InChI=1S/C12H21NO2S/c1-2-16-10-4-3-7-12(8-10,11(14)15)13-9-5-6-9/h9-10,13H,2-8H2,1H3,(H,14,15). The van der Waals surface area contributed by atoms with Crippen LogP contribution in [0.5, 0.6) is 0 Å². The van der Waals surface area contributed by atoms with Crippen molar-refractivity contribution in [1.82, 2.24) is 5.32 Å². The van der Waals surface area contributed by atoms with Gasteiger partial charge in [0.2, 0.25) is 0 Å². The summed E-state index contributed by atoms with van der Waals surface area (Å²) in [5.74, 6) is 0.449. The molecule has 2 fully saturated rings. The average molecular weight is 243 g/mol. The van der Waals surface area contributed by atoms with Gasteiger partial charge in [-0.1, -0.05) is 6.92 Å². The van der Waals surface area contributed by atoms with E-state index in [4.69, 9.17) is 0 Å². The number of carbonyl (C=O) groups is 1. The molecule has 4 heteroatoms. The zero-order chi connectivity index (χ0) is 11.6. The predicted octanol–water partition coefficient (Wildman–Crippen LogP) is 2.26. The lowest BCUT2D eigenvalue weighted by atomic mass is 9.81. The third kappa shape index (κ3) is 2.72. The van der Waals surface area contributed by atoms with Crippen LogP contribution in [-0.4, -0.2) is 33.7 Å². The molecular weight excluding hydrogens is 222 g/mol. The molecule has 0 amide bonds. The molecule has 3 nitrogen and oxygen atoms in total. The number of hydrogen-bond acceptors (Lipinski definition) is 3. The molecule has 92 valence electrons. The summed E-state index contributed by atoms with van der Waals surface area (Å²) in [7, 11) is 0. The van der Waals surface area contributed by atoms with Gasteiger partial charge >= 0.3 is 5.97 Å². The van der Waals surface area contributed by atoms with Crippen molar-refractivity contribution in [1.29, 1.82) is 0 Å². The van der Waals surface area contributed by atoms with Crippen LogP contribution < -0.4 is 5.32 Å². The molecule has 0 aromatic heterocycles. The molecule has 2 unspecified atom stereocenters. The third-order valence-corrected chi connectivity index (χ3v) is 4.78. The van der Waals surface area contributed by atoms with E-state index in [1.807, 2.05) is 11.8 Å². The second-order valence-corrected chi connectivity index (χ2v) is 6.56. The largest absolute Gasteiger partial charge is 0.480 e. The Bertz CT molecular complexity index is 266. The van der Waals surface area contributed by atoms with Crippen LogP contribution >= 0.6 is 11.8 Å². The van der Waals surface area contributed by atoms with Crippen molar-refractivity contribution in [2.24, 2.45) is 0 Å². The number of aliphatic carboxylic acids is 1. The molecule has 0 aliphatic heterocycles. The van der Waals surface area contributed by atoms with E-state index in [9.17, 15) is 9.90 Å². The molecule has 16 heavy (non-hydrogen) atoms. The number of carboxylic acids is 1. The molecule has 0 aromatic rings. The Morgan fingerprint density at radius 3 is 2.81 bits per heavy atom. The fourth-order valence-corrected chi connectivity index (χ4v) is 3.81. The zero-order valence-corrected chi connectivity index (χ0v) is 10.7. The lowest BCUT2D eigenvalue weighted by Gasteiger charge is -2.38. The monoisotopic (exact) mass is 243 g/mol. The van der Waals surface area contributed by atoms with Gasteiger partial charge in [-0.15, -0.1) is 0 Å². The quantitative estimate of drug-likeness (QED) is 0.777. The summed E-state index contributed by atoms with van der Waals surface area (Å²) in [6, 6.07) is 0.474. The summed E-state index contributed by atoms with van der Waals surface area (Å²) < 4.78 is 0. The summed E-state index contributed by atoms with van der Waals surface area (Å²) in [5, 5.41) is 13.4. The highest BCUT2D eigenvalue weighted by atomic mass is 32.2. The van der Waals surface area contributed by atoms with E-state index in [1.54, 1.807) is 0 Å². The molecule has 0 radical (unpaired) electrons. The molecule has 2 aliphatic rings. The predicted molar refractivity (Wildman–Crippen MR) is 66.9 cm³/mol. The van der Waals surface area contributed by atoms with Crippen LogP contribution in [0.2, 0.25) is 0 Å². The van der Waals surface area contributed by atoms with E-state index in [0.717, 1.165) is 37.9 Å². The van der Waals surface area contributed by atoms with Gasteiger partial charge in [-0.3, -0.25) is 10.1 Å². The lowest BCUT2D eigenvalue weighted by molar-refractivity contribution is -0.146. The van der Waals surface area contributed by atoms with Crippen molar-refractivity contribution in [2.75, 3.05) is 5.75 Å². The van der Waals surface area contributed by atoms with Gasteiger partial charge in [-0.2, -0.15) is 11.8 Å². The van der Waals surface area contributed by atoms with Crippen molar-refractivity contribution in [3.8, 4) is 0 Å². The minimum atomic E-state index is -0.638. The second kappa shape index (κ2) is 4.96. The van der Waals surface area contributed by atoms with Crippen LogP contribution in [-0.2, 0) is 4.79 Å². The van der Waals surface area contributed by atoms with Gasteiger partial charge in [-0.25, -0.2) is 0 Å². The Hall–Kier alpha value is -0.220. The van der Waals surface area contributed by atoms with E-state index in [1.165, 1.54) is 6.42 Å². The topological polar surface area (TPSA) is 49.3 Å². The number of carboxylic acid groups (broad SMARTS) is 1. The second-order valence-electron chi connectivity index (χ2n) is 4.98. The number of thioether (sulfide) groups is 1. The van der Waals surface area contributed by atoms with Crippen molar-refractivity contribution in [3.63, 3.8) is 0 Å². The summed E-state index contributed by atoms with van der Waals surface area (Å²) >= 11 is 1.92. The molecule has 2 N–H and O–H groups in total. The minimum Gasteiger partial charge on any atom is -0.480 e. The Morgan fingerprint density at radius 2 is 2.25 bits per heavy atom. The van der Waals surface area contributed by atoms with Crippen LogP contribution in [0.25, 0.3) is 0 Å². The van der Waals surface area contributed by atoms with E-state index in [-0.39, 0.29) is 0 Å². The Labute approximate surface area is 101 Å². The Morgan fingerprint density at radius 1 is 1.50 bits per heavy atom. The maximum atomic E-state index is 11.5. The van der Waals surface area contributed by atoms with Gasteiger partial charge in [0.05, 0.1) is 0 Å². The number of hydrogen-bond donors (Lipinski definition) is 2. The number of rotatable bonds is 5. The van der Waals surface area contributed by atoms with Crippen molar-refractivity contribution in [2.45, 2.75) is 62.3 Å². The van der Waals surface area contributed by atoms with E-state index in [2.05, 4.69) is 12.2 Å². The first-order valence-corrected chi connectivity index (χ1v) is 7.34. The van der Waals surface area contributed by atoms with Gasteiger partial charge in [0.15, 0.2) is 0 Å². The normalized spacial score (nSPS) is 34.9. The highest BCUT2D eigenvalue weighted by Gasteiger charge is 2.45. The van der Waals surface area contributed by atoms with Gasteiger partial charge < -0.3 is 5.11 Å². The molecular formula is C12H21NO2S. The summed E-state index contributed by atoms with van der Waals surface area (Å²) in [6.07, 6.45) is 6.14. The molecule has 0 spiro atoms. The maximum Gasteiger partial charge on any atom is 0.323 e. The van der Waals surface area contributed by atoms with E-state index in [0.29, 0.717) is 11.3 Å². The Balaban J connectivity index is 2.01. The van der Waals surface area contributed by atoms with E-state index < -0.39 is 11.5 Å². The lowest BCUT2D eigenvalue weighted by Crippen LogP contribution is -2.56. The summed E-state index contributed by atoms with van der Waals surface area (Å²) in [5.41, 5.74) is -0.619. The SMILES string of the molecule is CCSC1CCCC(NC2CC2)(C(=O)O)C1. The minimum absolute atomic E-state index is 0.474. The highest BCUT2D eigenvalue weighted by Crippen LogP contribution is 2.37. The van der Waals surface area contributed by atoms with Crippen LogP contribution in [0.1, 0.15) is 45.4 Å². The van der Waals surface area contributed by atoms with Crippen LogP contribution in [0.4, 0.5) is 0 Å². The molecule has 2 atom stereocenters. The molecule has 2 rings (SSSR count). The molecule has 0 saturated heterocycles. The van der Waals surface area contributed by atoms with Crippen molar-refractivity contribution < 1.29 is 9.90 Å². The van der Waals surface area contributed by atoms with Crippen molar-refractivity contribution in [3.05, 3.63) is 0 Å². The first-order chi connectivity index (χ1) is 7.66. The van der Waals surface area contributed by atoms with E-state index >= 15 is 0 Å². The van der Waals surface area contributed by atoms with Gasteiger partial charge in [0, 0.05) is 11.3 Å². The maximum absolute atomic E-state index is 11.5. The van der Waals surface area contributed by atoms with Gasteiger partial charge in [0.1, 0.15) is 5.54 Å². The smallest absolute Gasteiger partial charge is 0.323 e. The Kier molecular flexibility index (Phi) is 3.80. The van der Waals surface area contributed by atoms with Gasteiger partial charge in [-0.05, 0) is 44.3 Å². The van der Waals surface area contributed by atoms with Crippen LogP contribution in [0.3, 0.4) is 0 Å². The highest BCUT2D eigenvalue weighted by molar-refractivity contribution is 7.99. The third-order valence-electron chi connectivity index (χ3n) is 3.58. The fourth-order valence-electron chi connectivity index (χ4n) is 2.61. The van der Waals surface area contributed by atoms with Gasteiger partial charge in [0.25, 0.3) is 0 Å². The average Bonchev–Trinajstić information content (AvgIpc) is 3.02. The molecule has 0 heterocycles. The van der Waals surface area contributed by atoms with Crippen LogP contribution in [0.15, 0.2) is 0 Å². The molecule has 2 saturated carbocycles. The first-order valence-electron chi connectivity index (χ1n) is 6.29. The number of nitrogens with one attached hydrogen (secondary N) is 1. The molecule has 0 aromatic carbocycles. The van der Waals surface area contributed by atoms with Crippen molar-refractivity contribution >= 4 is 17.7 Å². The fraction of sp³-hybridized carbons (Fsp3) is 0.917. The summed E-state index contributed by atoms with van der Waals surface area (Å²) in [6.45, 7) is 2.15. The molecule has 2 aliphatic carbocycles. The first kappa shape index (κ1) is 12.2. The summed E-state index contributed by atoms with van der Waals surface area (Å²) in [4.78, 5) is 11.5. The molecule has 0 bridgehead atoms. The van der Waals surface area contributed by atoms with Crippen LogP contribution in [0, 0.1) is 0 Å².